The molecule has 0 radical (unpaired) electrons. The Morgan fingerprint density at radius 1 is 0.857 bits per heavy atom. The summed E-state index contributed by atoms with van der Waals surface area (Å²) < 4.78 is 0. The average Bonchev–Trinajstić information content (AvgIpc) is 3.09. The van der Waals surface area contributed by atoms with Gasteiger partial charge in [-0.05, 0) is 139 Å². The molecule has 0 aromatic heterocycles. The van der Waals surface area contributed by atoms with Gasteiger partial charge in [0, 0.05) is 0 Å². The van der Waals surface area contributed by atoms with E-state index in [4.69, 9.17) is 0 Å². The zero-order chi connectivity index (χ0) is 25.8. The van der Waals surface area contributed by atoms with Crippen LogP contribution >= 0.6 is 0 Å². The highest BCUT2D eigenvalue weighted by molar-refractivity contribution is 5.20. The molecule has 0 nitrogen and oxygen atoms in total. The molecule has 0 heteroatoms. The normalized spacial score (nSPS) is 59.9. The molecule has 5 saturated carbocycles. The summed E-state index contributed by atoms with van der Waals surface area (Å²) in [6.07, 6.45) is 8.98. The van der Waals surface area contributed by atoms with Crippen molar-refractivity contribution in [2.45, 2.75) is 115 Å². The summed E-state index contributed by atoms with van der Waals surface area (Å²) in [6.45, 7) is 33.5. The van der Waals surface area contributed by atoms with Crippen LogP contribution in [0.5, 0.6) is 0 Å². The molecule has 0 aliphatic heterocycles. The lowest BCUT2D eigenvalue weighted by atomic mass is 9.31. The Kier molecular flexibility index (Phi) is 6.30. The number of hydrogen-bond donors (Lipinski definition) is 0. The van der Waals surface area contributed by atoms with Gasteiger partial charge in [0.15, 0.2) is 0 Å². The van der Waals surface area contributed by atoms with Gasteiger partial charge in [0.05, 0.1) is 0 Å². The molecule has 0 aromatic carbocycles. The fourth-order valence-electron chi connectivity index (χ4n) is 13.8. The van der Waals surface area contributed by atoms with Crippen molar-refractivity contribution >= 4 is 0 Å². The zero-order valence-corrected chi connectivity index (χ0v) is 25.5. The summed E-state index contributed by atoms with van der Waals surface area (Å²) in [5, 5.41) is 0. The molecule has 0 spiro atoms. The van der Waals surface area contributed by atoms with E-state index >= 15 is 0 Å². The summed E-state index contributed by atoms with van der Waals surface area (Å²) in [5.74, 6) is 11.5. The monoisotopic (exact) mass is 480 g/mol. The second kappa shape index (κ2) is 8.37. The van der Waals surface area contributed by atoms with Crippen LogP contribution in [0, 0.1) is 93.2 Å². The molecule has 0 bridgehead atoms. The Hall–Kier alpha value is -0.260. The minimum absolute atomic E-state index is 0.406. The molecule has 5 fully saturated rings. The molecule has 0 saturated heterocycles. The molecule has 15 atom stereocenters. The van der Waals surface area contributed by atoms with Gasteiger partial charge < -0.3 is 0 Å². The SMILES string of the molecule is C=C(C)C1C(C)CC2(C)CC3(C)CC4C(C(C)C)CC5CC(C)CC5C4C(C)C3C(C)C2(C)C1C. The van der Waals surface area contributed by atoms with E-state index in [1.807, 2.05) is 0 Å². The maximum absolute atomic E-state index is 4.53. The van der Waals surface area contributed by atoms with Gasteiger partial charge in [0.1, 0.15) is 0 Å². The van der Waals surface area contributed by atoms with E-state index in [9.17, 15) is 0 Å². The number of allylic oxidation sites excluding steroid dienone is 1. The number of fused-ring (bicyclic) bond motifs is 5. The fourth-order valence-corrected chi connectivity index (χ4v) is 13.8. The topological polar surface area (TPSA) is 0 Å². The van der Waals surface area contributed by atoms with Crippen LogP contribution in [-0.2, 0) is 0 Å². The van der Waals surface area contributed by atoms with Crippen LogP contribution in [0.2, 0.25) is 0 Å². The molecular weight excluding hydrogens is 420 g/mol. The van der Waals surface area contributed by atoms with E-state index in [2.05, 4.69) is 82.7 Å². The van der Waals surface area contributed by atoms with Gasteiger partial charge in [-0.25, -0.2) is 0 Å². The molecule has 0 N–H and O–H groups in total. The Labute approximate surface area is 219 Å². The molecule has 5 rings (SSSR count). The van der Waals surface area contributed by atoms with Crippen molar-refractivity contribution in [2.75, 3.05) is 0 Å². The molecule has 200 valence electrons. The Morgan fingerprint density at radius 3 is 2.11 bits per heavy atom. The van der Waals surface area contributed by atoms with Crippen LogP contribution in [0.4, 0.5) is 0 Å². The van der Waals surface area contributed by atoms with Gasteiger partial charge in [-0.1, -0.05) is 81.4 Å². The molecule has 15 unspecified atom stereocenters. The van der Waals surface area contributed by atoms with E-state index in [0.717, 1.165) is 71.0 Å². The molecule has 5 aliphatic carbocycles. The quantitative estimate of drug-likeness (QED) is 0.345. The van der Waals surface area contributed by atoms with Crippen molar-refractivity contribution in [3.05, 3.63) is 12.2 Å². The highest BCUT2D eigenvalue weighted by Crippen LogP contribution is 2.76. The molecule has 0 amide bonds. The van der Waals surface area contributed by atoms with Crippen molar-refractivity contribution in [1.29, 1.82) is 0 Å². The van der Waals surface area contributed by atoms with Crippen molar-refractivity contribution in [1.82, 2.24) is 0 Å². The third kappa shape index (κ3) is 3.49. The number of hydrogen-bond acceptors (Lipinski definition) is 0. The lowest BCUT2D eigenvalue weighted by Crippen LogP contribution is -2.67. The third-order valence-electron chi connectivity index (χ3n) is 14.7. The van der Waals surface area contributed by atoms with Crippen molar-refractivity contribution in [2.24, 2.45) is 93.2 Å². The predicted octanol–water partition coefficient (Wildman–Crippen LogP) is 10.1. The first-order chi connectivity index (χ1) is 16.2. The van der Waals surface area contributed by atoms with Gasteiger partial charge >= 0.3 is 0 Å². The highest BCUT2D eigenvalue weighted by Gasteiger charge is 2.69. The van der Waals surface area contributed by atoms with Crippen molar-refractivity contribution in [3.8, 4) is 0 Å². The van der Waals surface area contributed by atoms with Crippen LogP contribution in [-0.4, -0.2) is 0 Å². The standard InChI is InChI=1S/C35H60/c1-19(2)27-15-26-13-21(5)14-28(26)31-23(7)32-25(9)35(12)24(8)30(20(3)4)22(6)16-34(35,11)18-33(32,10)17-29(27)31/h19,21-32H,3,13-18H2,1-2,4-12H3. The maximum atomic E-state index is 4.53. The Bertz CT molecular complexity index is 837. The van der Waals surface area contributed by atoms with Gasteiger partial charge in [-0.15, -0.1) is 0 Å². The Morgan fingerprint density at radius 2 is 1.51 bits per heavy atom. The van der Waals surface area contributed by atoms with Gasteiger partial charge in [0.2, 0.25) is 0 Å². The molecule has 0 aromatic rings. The van der Waals surface area contributed by atoms with Crippen LogP contribution in [0.3, 0.4) is 0 Å². The summed E-state index contributed by atoms with van der Waals surface area (Å²) in [5.41, 5.74) is 2.80. The lowest BCUT2D eigenvalue weighted by molar-refractivity contribution is -0.244. The first-order valence-electron chi connectivity index (χ1n) is 15.8. The number of rotatable bonds is 2. The molecular formula is C35H60. The summed E-state index contributed by atoms with van der Waals surface area (Å²) in [7, 11) is 0. The van der Waals surface area contributed by atoms with Crippen molar-refractivity contribution in [3.63, 3.8) is 0 Å². The fraction of sp³-hybridized carbons (Fsp3) is 0.943. The summed E-state index contributed by atoms with van der Waals surface area (Å²) in [6, 6.07) is 0. The molecule has 5 aliphatic rings. The zero-order valence-electron chi connectivity index (χ0n) is 25.5. The smallest absolute Gasteiger partial charge is 0.0152 e. The first-order valence-corrected chi connectivity index (χ1v) is 15.8. The van der Waals surface area contributed by atoms with Crippen LogP contribution in [0.25, 0.3) is 0 Å². The van der Waals surface area contributed by atoms with Crippen LogP contribution in [0.15, 0.2) is 12.2 Å². The van der Waals surface area contributed by atoms with Gasteiger partial charge in [-0.2, -0.15) is 0 Å². The molecule has 35 heavy (non-hydrogen) atoms. The van der Waals surface area contributed by atoms with Crippen LogP contribution in [0.1, 0.15) is 115 Å². The van der Waals surface area contributed by atoms with E-state index < -0.39 is 0 Å². The van der Waals surface area contributed by atoms with Crippen LogP contribution < -0.4 is 0 Å². The van der Waals surface area contributed by atoms with Gasteiger partial charge in [0.25, 0.3) is 0 Å². The average molecular weight is 481 g/mol. The first kappa shape index (κ1) is 26.4. The van der Waals surface area contributed by atoms with E-state index in [0.29, 0.717) is 22.2 Å². The minimum Gasteiger partial charge on any atom is -0.0998 e. The van der Waals surface area contributed by atoms with E-state index in [-0.39, 0.29) is 0 Å². The van der Waals surface area contributed by atoms with Gasteiger partial charge in [-0.3, -0.25) is 0 Å². The summed E-state index contributed by atoms with van der Waals surface area (Å²) >= 11 is 0. The third-order valence-corrected chi connectivity index (χ3v) is 14.7. The second-order valence-corrected chi connectivity index (χ2v) is 16.8. The minimum atomic E-state index is 0.406. The largest absolute Gasteiger partial charge is 0.0998 e. The maximum Gasteiger partial charge on any atom is -0.0152 e. The van der Waals surface area contributed by atoms with E-state index in [1.54, 1.807) is 6.42 Å². The lowest BCUT2D eigenvalue weighted by Gasteiger charge is -2.73. The predicted molar refractivity (Wildman–Crippen MR) is 152 cm³/mol. The van der Waals surface area contributed by atoms with E-state index in [1.165, 1.54) is 37.7 Å². The second-order valence-electron chi connectivity index (χ2n) is 16.8. The molecule has 0 heterocycles. The summed E-state index contributed by atoms with van der Waals surface area (Å²) in [4.78, 5) is 0. The Balaban J connectivity index is 1.58. The van der Waals surface area contributed by atoms with Crippen molar-refractivity contribution < 1.29 is 0 Å². The highest BCUT2D eigenvalue weighted by atomic mass is 14.7.